The van der Waals surface area contributed by atoms with Gasteiger partial charge in [-0.05, 0) is 48.7 Å². The summed E-state index contributed by atoms with van der Waals surface area (Å²) in [5.74, 6) is -0.183. The summed E-state index contributed by atoms with van der Waals surface area (Å²) in [6.45, 7) is 2.87. The highest BCUT2D eigenvalue weighted by Crippen LogP contribution is 2.35. The molecule has 0 saturated heterocycles. The zero-order chi connectivity index (χ0) is 13.4. The minimum absolute atomic E-state index is 0.0392. The lowest BCUT2D eigenvalue weighted by Gasteiger charge is -2.20. The van der Waals surface area contributed by atoms with E-state index in [1.807, 2.05) is 25.1 Å². The van der Waals surface area contributed by atoms with Gasteiger partial charge < -0.3 is 10.6 Å². The number of benzene rings is 2. The van der Waals surface area contributed by atoms with Crippen LogP contribution in [0.1, 0.15) is 24.1 Å². The molecule has 0 radical (unpaired) electrons. The third-order valence-corrected chi connectivity index (χ3v) is 3.67. The Morgan fingerprint density at radius 3 is 2.58 bits per heavy atom. The third kappa shape index (κ3) is 2.22. The van der Waals surface area contributed by atoms with Crippen LogP contribution in [0.5, 0.6) is 0 Å². The highest BCUT2D eigenvalue weighted by atomic mass is 19.1. The molecular weight excluding hydrogens is 239 g/mol. The van der Waals surface area contributed by atoms with Crippen LogP contribution in [-0.2, 0) is 6.42 Å². The zero-order valence-corrected chi connectivity index (χ0v) is 10.9. The van der Waals surface area contributed by atoms with E-state index in [1.54, 1.807) is 6.07 Å². The molecule has 1 aliphatic heterocycles. The molecule has 0 spiro atoms. The fraction of sp³-hybridized carbons (Fsp3) is 0.250. The number of fused-ring (bicyclic) bond motifs is 1. The molecule has 2 aromatic carbocycles. The van der Waals surface area contributed by atoms with Gasteiger partial charge in [-0.25, -0.2) is 4.39 Å². The van der Waals surface area contributed by atoms with Crippen molar-refractivity contribution in [3.8, 4) is 0 Å². The van der Waals surface area contributed by atoms with E-state index < -0.39 is 0 Å². The van der Waals surface area contributed by atoms with Crippen LogP contribution < -0.4 is 10.6 Å². The highest BCUT2D eigenvalue weighted by molar-refractivity contribution is 5.70. The maximum atomic E-state index is 13.4. The van der Waals surface area contributed by atoms with Gasteiger partial charge in [-0.15, -0.1) is 0 Å². The summed E-state index contributed by atoms with van der Waals surface area (Å²) in [7, 11) is 0. The first-order valence-electron chi connectivity index (χ1n) is 6.56. The largest absolute Gasteiger partial charge is 0.341 e. The van der Waals surface area contributed by atoms with Gasteiger partial charge in [0.2, 0.25) is 0 Å². The van der Waals surface area contributed by atoms with E-state index in [4.69, 9.17) is 5.73 Å². The van der Waals surface area contributed by atoms with Crippen molar-refractivity contribution in [1.82, 2.24) is 0 Å². The van der Waals surface area contributed by atoms with Crippen molar-refractivity contribution < 1.29 is 4.39 Å². The smallest absolute Gasteiger partial charge is 0.125 e. The van der Waals surface area contributed by atoms with E-state index in [0.29, 0.717) is 0 Å². The van der Waals surface area contributed by atoms with Crippen LogP contribution in [0.25, 0.3) is 0 Å². The Kier molecular flexibility index (Phi) is 2.99. The Balaban J connectivity index is 1.95. The van der Waals surface area contributed by atoms with Crippen molar-refractivity contribution in [2.75, 3.05) is 11.4 Å². The first-order valence-corrected chi connectivity index (χ1v) is 6.56. The van der Waals surface area contributed by atoms with Gasteiger partial charge in [0.05, 0.1) is 0 Å². The fourth-order valence-corrected chi connectivity index (χ4v) is 2.58. The number of nitrogens with zero attached hydrogens (tertiary/aromatic N) is 1. The van der Waals surface area contributed by atoms with Crippen molar-refractivity contribution >= 4 is 11.4 Å². The highest BCUT2D eigenvalue weighted by Gasteiger charge is 2.20. The van der Waals surface area contributed by atoms with Crippen molar-refractivity contribution in [2.45, 2.75) is 19.4 Å². The molecule has 2 nitrogen and oxygen atoms in total. The van der Waals surface area contributed by atoms with E-state index in [1.165, 1.54) is 11.6 Å². The molecule has 1 unspecified atom stereocenters. The lowest BCUT2D eigenvalue weighted by atomic mass is 10.1. The molecule has 1 atom stereocenters. The summed E-state index contributed by atoms with van der Waals surface area (Å²) < 4.78 is 13.4. The van der Waals surface area contributed by atoms with E-state index in [0.717, 1.165) is 29.9 Å². The van der Waals surface area contributed by atoms with Gasteiger partial charge >= 0.3 is 0 Å². The van der Waals surface area contributed by atoms with Gasteiger partial charge in [0.15, 0.2) is 0 Å². The van der Waals surface area contributed by atoms with Gasteiger partial charge in [-0.1, -0.05) is 18.2 Å². The normalized spacial score (nSPS) is 15.4. The van der Waals surface area contributed by atoms with Gasteiger partial charge in [0.1, 0.15) is 5.82 Å². The number of halogens is 1. The molecule has 1 heterocycles. The van der Waals surface area contributed by atoms with Crippen LogP contribution in [-0.4, -0.2) is 6.54 Å². The van der Waals surface area contributed by atoms with E-state index >= 15 is 0 Å². The molecule has 3 heteroatoms. The molecule has 2 N–H and O–H groups in total. The summed E-state index contributed by atoms with van der Waals surface area (Å²) in [6.07, 6.45) is 0.963. The van der Waals surface area contributed by atoms with Crippen LogP contribution in [0.15, 0.2) is 42.5 Å². The minimum Gasteiger partial charge on any atom is -0.341 e. The quantitative estimate of drug-likeness (QED) is 0.890. The van der Waals surface area contributed by atoms with Crippen LogP contribution in [0.3, 0.4) is 0 Å². The number of hydrogen-bond donors (Lipinski definition) is 1. The molecule has 0 amide bonds. The lowest BCUT2D eigenvalue weighted by molar-refractivity contribution is 0.628. The number of anilines is 2. The lowest BCUT2D eigenvalue weighted by Crippen LogP contribution is -2.13. The molecule has 0 aromatic heterocycles. The van der Waals surface area contributed by atoms with Gasteiger partial charge in [-0.2, -0.15) is 0 Å². The maximum Gasteiger partial charge on any atom is 0.125 e. The van der Waals surface area contributed by atoms with E-state index in [2.05, 4.69) is 17.0 Å². The fourth-order valence-electron chi connectivity index (χ4n) is 2.58. The molecule has 0 bridgehead atoms. The minimum atomic E-state index is -0.183. The van der Waals surface area contributed by atoms with Crippen molar-refractivity contribution in [1.29, 1.82) is 0 Å². The summed E-state index contributed by atoms with van der Waals surface area (Å²) in [4.78, 5) is 2.16. The Bertz CT molecular complexity index is 590. The monoisotopic (exact) mass is 256 g/mol. The van der Waals surface area contributed by atoms with Crippen LogP contribution in [0, 0.1) is 5.82 Å². The Morgan fingerprint density at radius 1 is 1.16 bits per heavy atom. The summed E-state index contributed by atoms with van der Waals surface area (Å²) in [5, 5.41) is 0. The van der Waals surface area contributed by atoms with E-state index in [-0.39, 0.29) is 11.9 Å². The average Bonchev–Trinajstić information content (AvgIpc) is 2.81. The summed E-state index contributed by atoms with van der Waals surface area (Å²) in [5.41, 5.74) is 10.2. The molecule has 0 saturated carbocycles. The molecule has 19 heavy (non-hydrogen) atoms. The van der Waals surface area contributed by atoms with Crippen LogP contribution in [0.2, 0.25) is 0 Å². The molecule has 0 aliphatic carbocycles. The van der Waals surface area contributed by atoms with Crippen LogP contribution >= 0.6 is 0 Å². The van der Waals surface area contributed by atoms with Gasteiger partial charge in [0.25, 0.3) is 0 Å². The van der Waals surface area contributed by atoms with Gasteiger partial charge in [0, 0.05) is 24.0 Å². The number of nitrogens with two attached hydrogens (primary N) is 1. The first-order chi connectivity index (χ1) is 9.15. The average molecular weight is 256 g/mol. The Morgan fingerprint density at radius 2 is 1.89 bits per heavy atom. The molecule has 3 rings (SSSR count). The second-order valence-electron chi connectivity index (χ2n) is 5.05. The summed E-state index contributed by atoms with van der Waals surface area (Å²) >= 11 is 0. The van der Waals surface area contributed by atoms with Gasteiger partial charge in [-0.3, -0.25) is 0 Å². The molecular formula is C16H17FN2. The molecule has 0 fully saturated rings. The second kappa shape index (κ2) is 4.67. The molecule has 98 valence electrons. The predicted octanol–water partition coefficient (Wildman–Crippen LogP) is 3.54. The maximum absolute atomic E-state index is 13.4. The SMILES string of the molecule is CC(N)c1ccc(N2CCc3ccc(F)cc32)cc1. The summed E-state index contributed by atoms with van der Waals surface area (Å²) in [6, 6.07) is 13.2. The zero-order valence-electron chi connectivity index (χ0n) is 10.9. The predicted molar refractivity (Wildman–Crippen MR) is 76.2 cm³/mol. The molecule has 1 aliphatic rings. The Labute approximate surface area is 112 Å². The van der Waals surface area contributed by atoms with Crippen molar-refractivity contribution in [3.05, 3.63) is 59.4 Å². The second-order valence-corrected chi connectivity index (χ2v) is 5.05. The topological polar surface area (TPSA) is 29.3 Å². The standard InChI is InChI=1S/C16H17FN2/c1-11(18)12-3-6-15(7-4-12)19-9-8-13-2-5-14(17)10-16(13)19/h2-7,10-11H,8-9,18H2,1H3. The third-order valence-electron chi connectivity index (χ3n) is 3.67. The van der Waals surface area contributed by atoms with Crippen molar-refractivity contribution in [3.63, 3.8) is 0 Å². The van der Waals surface area contributed by atoms with Crippen molar-refractivity contribution in [2.24, 2.45) is 5.73 Å². The Hall–Kier alpha value is -1.87. The first kappa shape index (κ1) is 12.2. The molecule has 2 aromatic rings. The number of hydrogen-bond acceptors (Lipinski definition) is 2. The van der Waals surface area contributed by atoms with Crippen LogP contribution in [0.4, 0.5) is 15.8 Å². The van der Waals surface area contributed by atoms with E-state index in [9.17, 15) is 4.39 Å². The number of rotatable bonds is 2.